The van der Waals surface area contributed by atoms with E-state index in [9.17, 15) is 4.79 Å². The third-order valence-corrected chi connectivity index (χ3v) is 2.99. The zero-order valence-electron chi connectivity index (χ0n) is 11.7. The molecule has 0 bridgehead atoms. The van der Waals surface area contributed by atoms with Crippen molar-refractivity contribution >= 4 is 5.97 Å². The zero-order valence-corrected chi connectivity index (χ0v) is 11.7. The smallest absolute Gasteiger partial charge is 0.322 e. The highest BCUT2D eigenvalue weighted by Crippen LogP contribution is 2.28. The molecular formula is C13H26N2O3. The van der Waals surface area contributed by atoms with Crippen molar-refractivity contribution in [3.8, 4) is 0 Å². The molecule has 1 rings (SSSR count). The summed E-state index contributed by atoms with van der Waals surface area (Å²) < 4.78 is 5.54. The highest BCUT2D eigenvalue weighted by Gasteiger charge is 2.22. The molecule has 0 aromatic rings. The summed E-state index contributed by atoms with van der Waals surface area (Å²) >= 11 is 0. The minimum atomic E-state index is -0.797. The maximum absolute atomic E-state index is 11.1. The fourth-order valence-electron chi connectivity index (χ4n) is 1.76. The normalized spacial score (nSPS) is 17.4. The van der Waals surface area contributed by atoms with Crippen molar-refractivity contribution in [2.45, 2.75) is 38.8 Å². The van der Waals surface area contributed by atoms with Crippen LogP contribution in [0.5, 0.6) is 0 Å². The number of carboxylic acid groups (broad SMARTS) is 1. The Morgan fingerprint density at radius 2 is 2.17 bits per heavy atom. The summed E-state index contributed by atoms with van der Waals surface area (Å²) in [4.78, 5) is 13.1. The summed E-state index contributed by atoms with van der Waals surface area (Å²) in [6.45, 7) is 6.72. The number of nitrogens with one attached hydrogen (secondary N) is 1. The van der Waals surface area contributed by atoms with Gasteiger partial charge < -0.3 is 20.1 Å². The molecule has 0 saturated heterocycles. The Morgan fingerprint density at radius 3 is 2.67 bits per heavy atom. The van der Waals surface area contributed by atoms with E-state index in [-0.39, 0.29) is 6.04 Å². The molecule has 5 heteroatoms. The predicted molar refractivity (Wildman–Crippen MR) is 70.7 cm³/mol. The second kappa shape index (κ2) is 7.71. The molecule has 2 N–H and O–H groups in total. The summed E-state index contributed by atoms with van der Waals surface area (Å²) in [5, 5.41) is 12.2. The first kappa shape index (κ1) is 15.4. The van der Waals surface area contributed by atoms with Gasteiger partial charge in [-0.2, -0.15) is 0 Å². The molecule has 1 fully saturated rings. The molecule has 5 nitrogen and oxygen atoms in total. The van der Waals surface area contributed by atoms with Crippen molar-refractivity contribution in [2.24, 2.45) is 5.92 Å². The largest absolute Gasteiger partial charge is 0.480 e. The van der Waals surface area contributed by atoms with E-state index < -0.39 is 12.0 Å². The van der Waals surface area contributed by atoms with Crippen molar-refractivity contribution in [3.05, 3.63) is 0 Å². The van der Waals surface area contributed by atoms with Gasteiger partial charge in [0.2, 0.25) is 0 Å². The molecule has 1 aliphatic carbocycles. The lowest BCUT2D eigenvalue weighted by atomic mass is 10.2. The molecule has 0 heterocycles. The summed E-state index contributed by atoms with van der Waals surface area (Å²) in [7, 11) is 1.93. The quantitative estimate of drug-likeness (QED) is 0.567. The van der Waals surface area contributed by atoms with Crippen molar-refractivity contribution in [2.75, 3.05) is 33.4 Å². The van der Waals surface area contributed by atoms with Gasteiger partial charge in [-0.25, -0.2) is 0 Å². The molecule has 1 unspecified atom stereocenters. The van der Waals surface area contributed by atoms with E-state index in [0.717, 1.165) is 19.1 Å². The van der Waals surface area contributed by atoms with Gasteiger partial charge in [0.25, 0.3) is 0 Å². The van der Waals surface area contributed by atoms with Crippen molar-refractivity contribution in [1.29, 1.82) is 0 Å². The van der Waals surface area contributed by atoms with Gasteiger partial charge in [0.15, 0.2) is 0 Å². The van der Waals surface area contributed by atoms with Crippen LogP contribution in [0, 0.1) is 5.92 Å². The molecule has 106 valence electrons. The average molecular weight is 258 g/mol. The van der Waals surface area contributed by atoms with Crippen LogP contribution in [0.25, 0.3) is 0 Å². The first-order chi connectivity index (χ1) is 8.49. The summed E-state index contributed by atoms with van der Waals surface area (Å²) in [6.07, 6.45) is 2.60. The number of ether oxygens (including phenoxy) is 1. The van der Waals surface area contributed by atoms with E-state index >= 15 is 0 Å². The number of aliphatic carboxylic acids is 1. The Kier molecular flexibility index (Phi) is 6.60. The molecule has 0 spiro atoms. The number of carboxylic acids is 1. The van der Waals surface area contributed by atoms with E-state index in [1.165, 1.54) is 12.8 Å². The van der Waals surface area contributed by atoms with Gasteiger partial charge in [-0.15, -0.1) is 0 Å². The summed E-state index contributed by atoms with van der Waals surface area (Å²) in [6, 6.07) is -0.343. The monoisotopic (exact) mass is 258 g/mol. The van der Waals surface area contributed by atoms with Crippen molar-refractivity contribution in [1.82, 2.24) is 10.2 Å². The standard InChI is InChI=1S/C13H26N2O3/c1-10(2)14-12(13(16)17)8-15(3)6-7-18-9-11-4-5-11/h10-12,14H,4-9H2,1-3H3,(H,16,17). The molecule has 0 amide bonds. The lowest BCUT2D eigenvalue weighted by molar-refractivity contribution is -0.140. The van der Waals surface area contributed by atoms with Gasteiger partial charge in [-0.1, -0.05) is 13.8 Å². The lowest BCUT2D eigenvalue weighted by Crippen LogP contribution is -2.48. The number of nitrogens with zero attached hydrogens (tertiary/aromatic N) is 1. The van der Waals surface area contributed by atoms with Gasteiger partial charge in [0.1, 0.15) is 6.04 Å². The van der Waals surface area contributed by atoms with E-state index in [1.807, 2.05) is 25.8 Å². The second-order valence-electron chi connectivity index (χ2n) is 5.49. The Hall–Kier alpha value is -0.650. The van der Waals surface area contributed by atoms with E-state index in [4.69, 9.17) is 9.84 Å². The Bertz CT molecular complexity index is 255. The van der Waals surface area contributed by atoms with Crippen LogP contribution in [-0.4, -0.2) is 61.4 Å². The first-order valence-corrected chi connectivity index (χ1v) is 6.74. The fraction of sp³-hybridized carbons (Fsp3) is 0.923. The molecule has 1 atom stereocenters. The van der Waals surface area contributed by atoms with Crippen LogP contribution in [0.1, 0.15) is 26.7 Å². The molecular weight excluding hydrogens is 232 g/mol. The Labute approximate surface area is 109 Å². The van der Waals surface area contributed by atoms with Crippen molar-refractivity contribution in [3.63, 3.8) is 0 Å². The number of hydrogen-bond donors (Lipinski definition) is 2. The van der Waals surface area contributed by atoms with Crippen LogP contribution in [0.3, 0.4) is 0 Å². The van der Waals surface area contributed by atoms with Gasteiger partial charge >= 0.3 is 5.97 Å². The summed E-state index contributed by atoms with van der Waals surface area (Å²) in [5.41, 5.74) is 0. The van der Waals surface area contributed by atoms with Crippen LogP contribution in [0.4, 0.5) is 0 Å². The molecule has 0 aromatic heterocycles. The first-order valence-electron chi connectivity index (χ1n) is 6.74. The SMILES string of the molecule is CC(C)NC(CN(C)CCOCC1CC1)C(=O)O. The van der Waals surface area contributed by atoms with E-state index in [0.29, 0.717) is 13.2 Å². The molecule has 18 heavy (non-hydrogen) atoms. The molecule has 1 saturated carbocycles. The van der Waals surface area contributed by atoms with Crippen LogP contribution >= 0.6 is 0 Å². The molecule has 1 aliphatic rings. The topological polar surface area (TPSA) is 61.8 Å². The van der Waals surface area contributed by atoms with Crippen molar-refractivity contribution < 1.29 is 14.6 Å². The van der Waals surface area contributed by atoms with Gasteiger partial charge in [0.05, 0.1) is 6.61 Å². The zero-order chi connectivity index (χ0) is 13.5. The maximum atomic E-state index is 11.1. The fourth-order valence-corrected chi connectivity index (χ4v) is 1.76. The minimum Gasteiger partial charge on any atom is -0.480 e. The maximum Gasteiger partial charge on any atom is 0.322 e. The van der Waals surface area contributed by atoms with Crippen LogP contribution < -0.4 is 5.32 Å². The van der Waals surface area contributed by atoms with Gasteiger partial charge in [-0.3, -0.25) is 4.79 Å². The van der Waals surface area contributed by atoms with E-state index in [2.05, 4.69) is 5.32 Å². The third kappa shape index (κ3) is 6.93. The third-order valence-electron chi connectivity index (χ3n) is 2.99. The van der Waals surface area contributed by atoms with Crippen LogP contribution in [0.15, 0.2) is 0 Å². The highest BCUT2D eigenvalue weighted by molar-refractivity contribution is 5.73. The Morgan fingerprint density at radius 1 is 1.50 bits per heavy atom. The molecule has 0 aliphatic heterocycles. The highest BCUT2D eigenvalue weighted by atomic mass is 16.5. The van der Waals surface area contributed by atoms with E-state index in [1.54, 1.807) is 0 Å². The Balaban J connectivity index is 2.13. The number of carbonyl (C=O) groups is 1. The van der Waals surface area contributed by atoms with Gasteiger partial charge in [0, 0.05) is 25.7 Å². The second-order valence-corrected chi connectivity index (χ2v) is 5.49. The summed E-state index contributed by atoms with van der Waals surface area (Å²) in [5.74, 6) is -0.0147. The number of rotatable bonds is 10. The van der Waals surface area contributed by atoms with Crippen LogP contribution in [0.2, 0.25) is 0 Å². The predicted octanol–water partition coefficient (Wildman–Crippen LogP) is 0.796. The minimum absolute atomic E-state index is 0.172. The molecule has 0 aromatic carbocycles. The van der Waals surface area contributed by atoms with Gasteiger partial charge in [-0.05, 0) is 25.8 Å². The number of likely N-dealkylation sites (N-methyl/N-ethyl adjacent to an activating group) is 1. The lowest BCUT2D eigenvalue weighted by Gasteiger charge is -2.23. The molecule has 0 radical (unpaired) electrons. The number of hydrogen-bond acceptors (Lipinski definition) is 4. The van der Waals surface area contributed by atoms with Crippen LogP contribution in [-0.2, 0) is 9.53 Å². The average Bonchev–Trinajstić information content (AvgIpc) is 3.06.